The van der Waals surface area contributed by atoms with Crippen LogP contribution in [0.3, 0.4) is 0 Å². The molecule has 2 aromatic heterocycles. The largest absolute Gasteiger partial charge is 0.476 e. The van der Waals surface area contributed by atoms with Crippen molar-refractivity contribution in [3.05, 3.63) is 26.4 Å². The SMILES string of the molecule is CC(C)n1cc(C=Cc2nc(C(=O)O)c(Br)s2)nn1. The zero-order chi connectivity index (χ0) is 14.0. The third-order valence-electron chi connectivity index (χ3n) is 2.26. The average Bonchev–Trinajstić information content (AvgIpc) is 2.92. The fraction of sp³-hybridized carbons (Fsp3) is 0.273. The third-order valence-corrected chi connectivity index (χ3v) is 3.93. The van der Waals surface area contributed by atoms with E-state index in [0.29, 0.717) is 14.5 Å². The van der Waals surface area contributed by atoms with E-state index in [4.69, 9.17) is 5.11 Å². The number of hydrogen-bond donors (Lipinski definition) is 1. The number of carbonyl (C=O) groups is 1. The molecule has 0 aliphatic carbocycles. The predicted octanol–water partition coefficient (Wildman–Crippen LogP) is 2.95. The highest BCUT2D eigenvalue weighted by atomic mass is 79.9. The van der Waals surface area contributed by atoms with Gasteiger partial charge in [-0.2, -0.15) is 0 Å². The summed E-state index contributed by atoms with van der Waals surface area (Å²) in [5, 5.41) is 17.5. The Kier molecular flexibility index (Phi) is 4.11. The molecule has 2 rings (SSSR count). The second-order valence-corrected chi connectivity index (χ2v) is 6.38. The molecule has 0 aliphatic rings. The van der Waals surface area contributed by atoms with Crippen LogP contribution in [0.25, 0.3) is 12.2 Å². The molecule has 2 heterocycles. The summed E-state index contributed by atoms with van der Waals surface area (Å²) in [5.41, 5.74) is 0.729. The van der Waals surface area contributed by atoms with Crippen LogP contribution in [0.2, 0.25) is 0 Å². The molecule has 1 N–H and O–H groups in total. The number of aromatic nitrogens is 4. The van der Waals surface area contributed by atoms with Gasteiger partial charge in [-0.3, -0.25) is 0 Å². The van der Waals surface area contributed by atoms with E-state index in [1.807, 2.05) is 20.0 Å². The first kappa shape index (κ1) is 13.9. The van der Waals surface area contributed by atoms with E-state index in [9.17, 15) is 4.79 Å². The van der Waals surface area contributed by atoms with Gasteiger partial charge in [-0.05, 0) is 41.9 Å². The van der Waals surface area contributed by atoms with E-state index in [0.717, 1.165) is 0 Å². The molecule has 19 heavy (non-hydrogen) atoms. The Balaban J connectivity index is 2.17. The monoisotopic (exact) mass is 342 g/mol. The second-order valence-electron chi connectivity index (χ2n) is 4.03. The molecule has 0 fully saturated rings. The lowest BCUT2D eigenvalue weighted by Gasteiger charge is -2.00. The topological polar surface area (TPSA) is 80.9 Å². The third kappa shape index (κ3) is 3.27. The molecule has 0 spiro atoms. The molecule has 0 aliphatic heterocycles. The maximum Gasteiger partial charge on any atom is 0.356 e. The quantitative estimate of drug-likeness (QED) is 0.923. The van der Waals surface area contributed by atoms with Gasteiger partial charge in [-0.15, -0.1) is 16.4 Å². The van der Waals surface area contributed by atoms with E-state index >= 15 is 0 Å². The Morgan fingerprint density at radius 2 is 2.26 bits per heavy atom. The first-order valence-electron chi connectivity index (χ1n) is 5.47. The molecule has 0 bridgehead atoms. The van der Waals surface area contributed by atoms with Crippen molar-refractivity contribution in [3.8, 4) is 0 Å². The van der Waals surface area contributed by atoms with Crippen LogP contribution in [-0.4, -0.2) is 31.1 Å². The van der Waals surface area contributed by atoms with Gasteiger partial charge in [0.1, 0.15) is 14.5 Å². The van der Waals surface area contributed by atoms with Crippen LogP contribution < -0.4 is 0 Å². The van der Waals surface area contributed by atoms with Crippen LogP contribution >= 0.6 is 27.3 Å². The van der Waals surface area contributed by atoms with Gasteiger partial charge < -0.3 is 5.11 Å². The van der Waals surface area contributed by atoms with E-state index in [1.165, 1.54) is 11.3 Å². The normalized spacial score (nSPS) is 11.6. The Hall–Kier alpha value is -1.54. The minimum absolute atomic E-state index is 0.0236. The lowest BCUT2D eigenvalue weighted by molar-refractivity contribution is 0.0690. The summed E-state index contributed by atoms with van der Waals surface area (Å²) in [7, 11) is 0. The van der Waals surface area contributed by atoms with Crippen molar-refractivity contribution in [1.82, 2.24) is 20.0 Å². The number of carboxylic acid groups (broad SMARTS) is 1. The molecule has 6 nitrogen and oxygen atoms in total. The Morgan fingerprint density at radius 3 is 2.79 bits per heavy atom. The van der Waals surface area contributed by atoms with Crippen LogP contribution in [-0.2, 0) is 0 Å². The van der Waals surface area contributed by atoms with E-state index in [1.54, 1.807) is 16.8 Å². The molecule has 0 amide bonds. The highest BCUT2D eigenvalue weighted by molar-refractivity contribution is 9.11. The Bertz CT molecular complexity index is 632. The molecule has 0 radical (unpaired) electrons. The molecular weight excluding hydrogens is 332 g/mol. The highest BCUT2D eigenvalue weighted by Crippen LogP contribution is 2.26. The Labute approximate surface area is 121 Å². The van der Waals surface area contributed by atoms with Crippen LogP contribution in [0, 0.1) is 0 Å². The number of halogens is 1. The standard InChI is InChI=1S/C11H11BrN4O2S/c1-6(2)16-5-7(14-15-16)3-4-8-13-9(11(17)18)10(12)19-8/h3-6H,1-2H3,(H,17,18). The van der Waals surface area contributed by atoms with Crippen molar-refractivity contribution in [2.75, 3.05) is 0 Å². The van der Waals surface area contributed by atoms with E-state index < -0.39 is 5.97 Å². The van der Waals surface area contributed by atoms with Gasteiger partial charge in [-0.25, -0.2) is 14.5 Å². The fourth-order valence-corrected chi connectivity index (χ4v) is 2.74. The van der Waals surface area contributed by atoms with E-state index in [2.05, 4.69) is 31.2 Å². The molecule has 0 aromatic carbocycles. The van der Waals surface area contributed by atoms with Gasteiger partial charge in [0.2, 0.25) is 0 Å². The number of hydrogen-bond acceptors (Lipinski definition) is 5. The Morgan fingerprint density at radius 1 is 1.53 bits per heavy atom. The predicted molar refractivity (Wildman–Crippen MR) is 76.1 cm³/mol. The number of thiazole rings is 1. The summed E-state index contributed by atoms with van der Waals surface area (Å²) in [6.45, 7) is 4.03. The number of carboxylic acids is 1. The lowest BCUT2D eigenvalue weighted by atomic mass is 10.4. The number of nitrogens with zero attached hydrogens (tertiary/aromatic N) is 4. The molecule has 0 atom stereocenters. The fourth-order valence-electron chi connectivity index (χ4n) is 1.30. The summed E-state index contributed by atoms with van der Waals surface area (Å²) in [6.07, 6.45) is 5.29. The summed E-state index contributed by atoms with van der Waals surface area (Å²) in [4.78, 5) is 14.8. The number of aromatic carboxylic acids is 1. The average molecular weight is 343 g/mol. The van der Waals surface area contributed by atoms with Gasteiger partial charge in [0.05, 0.1) is 6.20 Å². The van der Waals surface area contributed by atoms with Crippen molar-refractivity contribution in [2.24, 2.45) is 0 Å². The minimum atomic E-state index is -1.05. The van der Waals surface area contributed by atoms with Crippen LogP contribution in [0.5, 0.6) is 0 Å². The van der Waals surface area contributed by atoms with Crippen molar-refractivity contribution >= 4 is 45.4 Å². The summed E-state index contributed by atoms with van der Waals surface area (Å²) < 4.78 is 2.26. The summed E-state index contributed by atoms with van der Waals surface area (Å²) in [6, 6.07) is 0.252. The summed E-state index contributed by atoms with van der Waals surface area (Å²) in [5.74, 6) is -1.05. The maximum atomic E-state index is 10.9. The van der Waals surface area contributed by atoms with E-state index in [-0.39, 0.29) is 11.7 Å². The molecule has 2 aromatic rings. The molecule has 100 valence electrons. The van der Waals surface area contributed by atoms with Crippen molar-refractivity contribution < 1.29 is 9.90 Å². The maximum absolute atomic E-state index is 10.9. The van der Waals surface area contributed by atoms with Crippen LogP contribution in [0.1, 0.15) is 41.1 Å². The smallest absolute Gasteiger partial charge is 0.356 e. The second kappa shape index (κ2) is 5.62. The number of rotatable bonds is 4. The highest BCUT2D eigenvalue weighted by Gasteiger charge is 2.13. The van der Waals surface area contributed by atoms with Crippen molar-refractivity contribution in [1.29, 1.82) is 0 Å². The molecule has 0 unspecified atom stereocenters. The summed E-state index contributed by atoms with van der Waals surface area (Å²) >= 11 is 4.43. The molecule has 8 heteroatoms. The van der Waals surface area contributed by atoms with Crippen LogP contribution in [0.15, 0.2) is 9.98 Å². The van der Waals surface area contributed by atoms with Crippen molar-refractivity contribution in [2.45, 2.75) is 19.9 Å². The minimum Gasteiger partial charge on any atom is -0.476 e. The molecular formula is C11H11BrN4O2S. The van der Waals surface area contributed by atoms with Crippen molar-refractivity contribution in [3.63, 3.8) is 0 Å². The van der Waals surface area contributed by atoms with Gasteiger partial charge in [0.15, 0.2) is 5.69 Å². The van der Waals surface area contributed by atoms with Gasteiger partial charge in [0.25, 0.3) is 0 Å². The van der Waals surface area contributed by atoms with Gasteiger partial charge in [0, 0.05) is 6.04 Å². The van der Waals surface area contributed by atoms with Gasteiger partial charge in [-0.1, -0.05) is 5.21 Å². The first-order valence-corrected chi connectivity index (χ1v) is 7.08. The first-order chi connectivity index (χ1) is 8.97. The lowest BCUT2D eigenvalue weighted by Crippen LogP contribution is -2.00. The van der Waals surface area contributed by atoms with Gasteiger partial charge >= 0.3 is 5.97 Å². The zero-order valence-electron chi connectivity index (χ0n) is 10.2. The van der Waals surface area contributed by atoms with Crippen LogP contribution in [0.4, 0.5) is 0 Å². The molecule has 0 saturated carbocycles. The zero-order valence-corrected chi connectivity index (χ0v) is 12.6. The molecule has 0 saturated heterocycles.